The third-order valence-corrected chi connectivity index (χ3v) is 3.59. The van der Waals surface area contributed by atoms with Crippen molar-refractivity contribution in [2.75, 3.05) is 6.61 Å². The first-order valence-electron chi connectivity index (χ1n) is 6.78. The summed E-state index contributed by atoms with van der Waals surface area (Å²) in [4.78, 5) is 15.7. The molecule has 1 N–H and O–H groups in total. The van der Waals surface area contributed by atoms with Crippen LogP contribution < -0.4 is 10.1 Å². The fraction of sp³-hybridized carbons (Fsp3) is 0.571. The molecule has 0 spiro atoms. The molecule has 1 heterocycles. The van der Waals surface area contributed by atoms with Gasteiger partial charge in [0.15, 0.2) is 17.5 Å². The molecule has 1 aliphatic carbocycles. The summed E-state index contributed by atoms with van der Waals surface area (Å²) in [5.41, 5.74) is 0. The lowest BCUT2D eigenvalue weighted by molar-refractivity contribution is -0.123. The van der Waals surface area contributed by atoms with Crippen LogP contribution in [-0.2, 0) is 4.79 Å². The van der Waals surface area contributed by atoms with Crippen LogP contribution in [0.25, 0.3) is 0 Å². The molecular weight excluding hydrogens is 264 g/mol. The zero-order valence-electron chi connectivity index (χ0n) is 10.9. The van der Waals surface area contributed by atoms with Crippen molar-refractivity contribution in [3.8, 4) is 5.75 Å². The monoisotopic (exact) mass is 282 g/mol. The van der Waals surface area contributed by atoms with Gasteiger partial charge in [0, 0.05) is 12.2 Å². The highest BCUT2D eigenvalue weighted by molar-refractivity contribution is 6.30. The molecule has 5 heteroatoms. The summed E-state index contributed by atoms with van der Waals surface area (Å²) in [5.74, 6) is 0.354. The second-order valence-corrected chi connectivity index (χ2v) is 5.20. The van der Waals surface area contributed by atoms with Crippen molar-refractivity contribution < 1.29 is 9.53 Å². The van der Waals surface area contributed by atoms with E-state index in [1.807, 2.05) is 0 Å². The highest BCUT2D eigenvalue weighted by Crippen LogP contribution is 2.20. The van der Waals surface area contributed by atoms with Gasteiger partial charge in [0.05, 0.1) is 0 Å². The van der Waals surface area contributed by atoms with E-state index >= 15 is 0 Å². The van der Waals surface area contributed by atoms with Crippen LogP contribution in [0.3, 0.4) is 0 Å². The number of hydrogen-bond donors (Lipinski definition) is 1. The Labute approximate surface area is 118 Å². The number of nitrogens with one attached hydrogen (secondary N) is 1. The van der Waals surface area contributed by atoms with E-state index in [4.69, 9.17) is 16.3 Å². The van der Waals surface area contributed by atoms with Gasteiger partial charge in [-0.05, 0) is 25.0 Å². The smallest absolute Gasteiger partial charge is 0.258 e. The van der Waals surface area contributed by atoms with Crippen LogP contribution in [0.2, 0.25) is 5.15 Å². The Hall–Kier alpha value is -1.29. The number of nitrogens with zero attached hydrogens (tertiary/aromatic N) is 1. The maximum atomic E-state index is 11.8. The van der Waals surface area contributed by atoms with E-state index in [-0.39, 0.29) is 17.7 Å². The Balaban J connectivity index is 1.76. The molecule has 19 heavy (non-hydrogen) atoms. The van der Waals surface area contributed by atoms with E-state index in [1.165, 1.54) is 25.7 Å². The zero-order chi connectivity index (χ0) is 13.5. The largest absolute Gasteiger partial charge is 0.481 e. The van der Waals surface area contributed by atoms with E-state index in [0.29, 0.717) is 11.8 Å². The highest BCUT2D eigenvalue weighted by Gasteiger charge is 2.15. The van der Waals surface area contributed by atoms with E-state index < -0.39 is 0 Å². The first kappa shape index (κ1) is 14.1. The normalized spacial score (nSPS) is 16.7. The molecule has 1 amide bonds. The molecule has 104 valence electrons. The fourth-order valence-electron chi connectivity index (χ4n) is 2.32. The summed E-state index contributed by atoms with van der Waals surface area (Å²) in [5, 5.41) is 3.30. The zero-order valence-corrected chi connectivity index (χ0v) is 11.7. The predicted octanol–water partition coefficient (Wildman–Crippen LogP) is 2.95. The van der Waals surface area contributed by atoms with Crippen molar-refractivity contribution in [2.24, 2.45) is 0 Å². The molecule has 1 aromatic rings. The van der Waals surface area contributed by atoms with Crippen LogP contribution >= 0.6 is 11.6 Å². The quantitative estimate of drug-likeness (QED) is 0.682. The number of rotatable bonds is 4. The van der Waals surface area contributed by atoms with Gasteiger partial charge in [-0.25, -0.2) is 4.98 Å². The van der Waals surface area contributed by atoms with Gasteiger partial charge in [-0.3, -0.25) is 4.79 Å². The lowest BCUT2D eigenvalue weighted by Crippen LogP contribution is -2.37. The SMILES string of the molecule is O=C(COc1cccnc1Cl)NC1CCCCCC1. The van der Waals surface area contributed by atoms with E-state index in [0.717, 1.165) is 12.8 Å². The van der Waals surface area contributed by atoms with Crippen molar-refractivity contribution in [1.82, 2.24) is 10.3 Å². The maximum absolute atomic E-state index is 11.8. The van der Waals surface area contributed by atoms with Gasteiger partial charge in [0.2, 0.25) is 0 Å². The number of ether oxygens (including phenoxy) is 1. The van der Waals surface area contributed by atoms with Crippen LogP contribution in [-0.4, -0.2) is 23.5 Å². The average Bonchev–Trinajstić information content (AvgIpc) is 2.66. The topological polar surface area (TPSA) is 51.2 Å². The number of carbonyl (C=O) groups is 1. The molecule has 0 aromatic carbocycles. The summed E-state index contributed by atoms with van der Waals surface area (Å²) in [6.07, 6.45) is 8.66. The lowest BCUT2D eigenvalue weighted by atomic mass is 10.1. The summed E-state index contributed by atoms with van der Waals surface area (Å²) in [6.45, 7) is -0.0120. The molecule has 0 atom stereocenters. The Morgan fingerprint density at radius 2 is 2.11 bits per heavy atom. The maximum Gasteiger partial charge on any atom is 0.258 e. The van der Waals surface area contributed by atoms with E-state index in [9.17, 15) is 4.79 Å². The predicted molar refractivity (Wildman–Crippen MR) is 74.4 cm³/mol. The standard InChI is InChI=1S/C14H19ClN2O2/c15-14-12(8-5-9-16-14)19-10-13(18)17-11-6-3-1-2-4-7-11/h5,8-9,11H,1-4,6-7,10H2,(H,17,18). The molecule has 4 nitrogen and oxygen atoms in total. The molecular formula is C14H19ClN2O2. The minimum atomic E-state index is -0.0909. The third-order valence-electron chi connectivity index (χ3n) is 3.30. The first-order valence-corrected chi connectivity index (χ1v) is 7.16. The number of amides is 1. The second-order valence-electron chi connectivity index (χ2n) is 4.84. The van der Waals surface area contributed by atoms with Gasteiger partial charge < -0.3 is 10.1 Å². The van der Waals surface area contributed by atoms with E-state index in [2.05, 4.69) is 10.3 Å². The molecule has 0 saturated heterocycles. The Bertz CT molecular complexity index is 418. The lowest BCUT2D eigenvalue weighted by Gasteiger charge is -2.16. The van der Waals surface area contributed by atoms with Gasteiger partial charge >= 0.3 is 0 Å². The minimum absolute atomic E-state index is 0.0120. The van der Waals surface area contributed by atoms with Gasteiger partial charge in [-0.15, -0.1) is 0 Å². The fourth-order valence-corrected chi connectivity index (χ4v) is 2.49. The minimum Gasteiger partial charge on any atom is -0.481 e. The Kier molecular flexibility index (Phi) is 5.45. The molecule has 0 bridgehead atoms. The summed E-state index contributed by atoms with van der Waals surface area (Å²) in [7, 11) is 0. The van der Waals surface area contributed by atoms with Gasteiger partial charge in [0.1, 0.15) is 0 Å². The highest BCUT2D eigenvalue weighted by atomic mass is 35.5. The van der Waals surface area contributed by atoms with Crippen LogP contribution in [0.1, 0.15) is 38.5 Å². The Morgan fingerprint density at radius 1 is 1.37 bits per heavy atom. The average molecular weight is 283 g/mol. The van der Waals surface area contributed by atoms with Crippen LogP contribution in [0.15, 0.2) is 18.3 Å². The van der Waals surface area contributed by atoms with Gasteiger partial charge in [-0.2, -0.15) is 0 Å². The van der Waals surface area contributed by atoms with Crippen LogP contribution in [0, 0.1) is 0 Å². The van der Waals surface area contributed by atoms with Crippen molar-refractivity contribution in [1.29, 1.82) is 0 Å². The molecule has 0 unspecified atom stereocenters. The third kappa shape index (κ3) is 4.71. The second kappa shape index (κ2) is 7.34. The number of aromatic nitrogens is 1. The van der Waals surface area contributed by atoms with Gasteiger partial charge in [0.25, 0.3) is 5.91 Å². The number of carbonyl (C=O) groups excluding carboxylic acids is 1. The number of halogens is 1. The molecule has 0 radical (unpaired) electrons. The van der Waals surface area contributed by atoms with Crippen LogP contribution in [0.4, 0.5) is 0 Å². The number of pyridine rings is 1. The first-order chi connectivity index (χ1) is 9.25. The molecule has 0 aliphatic heterocycles. The molecule has 1 aliphatic rings. The van der Waals surface area contributed by atoms with E-state index in [1.54, 1.807) is 18.3 Å². The molecule has 1 fully saturated rings. The molecule has 1 aromatic heterocycles. The van der Waals surface area contributed by atoms with Gasteiger partial charge in [-0.1, -0.05) is 37.3 Å². The summed E-state index contributed by atoms with van der Waals surface area (Å²) >= 11 is 5.85. The van der Waals surface area contributed by atoms with Crippen molar-refractivity contribution in [2.45, 2.75) is 44.6 Å². The number of hydrogen-bond acceptors (Lipinski definition) is 3. The summed E-state index contributed by atoms with van der Waals surface area (Å²) < 4.78 is 5.36. The van der Waals surface area contributed by atoms with Crippen LogP contribution in [0.5, 0.6) is 5.75 Å². The van der Waals surface area contributed by atoms with Crippen molar-refractivity contribution in [3.05, 3.63) is 23.5 Å². The molecule has 1 saturated carbocycles. The summed E-state index contributed by atoms with van der Waals surface area (Å²) in [6, 6.07) is 3.72. The van der Waals surface area contributed by atoms with Crippen molar-refractivity contribution in [3.63, 3.8) is 0 Å². The van der Waals surface area contributed by atoms with Crippen molar-refractivity contribution >= 4 is 17.5 Å². The molecule has 2 rings (SSSR count). The Morgan fingerprint density at radius 3 is 2.79 bits per heavy atom.